The van der Waals surface area contributed by atoms with Crippen molar-refractivity contribution in [3.8, 4) is 6.07 Å². The molecule has 2 N–H and O–H groups in total. The van der Waals surface area contributed by atoms with Crippen LogP contribution in [0.15, 0.2) is 35.3 Å². The molecule has 27 heavy (non-hydrogen) atoms. The minimum Gasteiger partial charge on any atom is -0.348 e. The molecule has 0 saturated heterocycles. The van der Waals surface area contributed by atoms with Crippen LogP contribution < -0.4 is 10.9 Å². The van der Waals surface area contributed by atoms with Crippen molar-refractivity contribution in [3.05, 3.63) is 69.4 Å². The average Bonchev–Trinajstić information content (AvgIpc) is 2.66. The fourth-order valence-electron chi connectivity index (χ4n) is 2.50. The number of H-pyrrole nitrogens is 1. The van der Waals surface area contributed by atoms with E-state index in [1.54, 1.807) is 19.1 Å². The summed E-state index contributed by atoms with van der Waals surface area (Å²) in [5.41, 5.74) is -0.288. The van der Waals surface area contributed by atoms with E-state index in [0.29, 0.717) is 11.3 Å². The van der Waals surface area contributed by atoms with Gasteiger partial charge in [-0.1, -0.05) is 0 Å². The third-order valence-corrected chi connectivity index (χ3v) is 3.89. The van der Waals surface area contributed by atoms with Gasteiger partial charge in [-0.3, -0.25) is 14.6 Å². The number of pyridine rings is 1. The lowest BCUT2D eigenvalue weighted by molar-refractivity contribution is -0.121. The number of fused-ring (bicyclic) bond motifs is 1. The highest BCUT2D eigenvalue weighted by Crippen LogP contribution is 2.16. The number of benzene rings is 1. The Bertz CT molecular complexity index is 1120. The molecule has 0 saturated carbocycles. The molecule has 1 atom stereocenters. The number of nitrogens with zero attached hydrogens (tertiary/aromatic N) is 3. The number of hydrogen-bond donors (Lipinski definition) is 2. The van der Waals surface area contributed by atoms with E-state index in [9.17, 15) is 18.4 Å². The zero-order chi connectivity index (χ0) is 19.6. The molecule has 0 aliphatic heterocycles. The van der Waals surface area contributed by atoms with Gasteiger partial charge in [0.2, 0.25) is 5.91 Å². The molecular weight excluding hydrogens is 356 g/mol. The molecule has 2 heterocycles. The van der Waals surface area contributed by atoms with E-state index >= 15 is 0 Å². The van der Waals surface area contributed by atoms with Gasteiger partial charge in [-0.15, -0.1) is 0 Å². The van der Waals surface area contributed by atoms with Crippen molar-refractivity contribution in [2.24, 2.45) is 0 Å². The average molecular weight is 369 g/mol. The standard InChI is InChI=1S/C18H13F2N5O2/c1-9(12-4-2-10(7-21)8-22-12)23-15(26)6-14-18(27)25-13-5-3-11(19)16(20)17(13)24-14/h2-5,8-9H,6H2,1H3,(H,23,26)(H,25,27)/t9-/m0/s1. The van der Waals surface area contributed by atoms with Gasteiger partial charge in [0.05, 0.1) is 29.2 Å². The molecule has 9 heteroatoms. The van der Waals surface area contributed by atoms with Crippen molar-refractivity contribution in [2.45, 2.75) is 19.4 Å². The van der Waals surface area contributed by atoms with E-state index in [1.807, 2.05) is 6.07 Å². The van der Waals surface area contributed by atoms with Crippen molar-refractivity contribution in [2.75, 3.05) is 0 Å². The van der Waals surface area contributed by atoms with Crippen LogP contribution in [0.3, 0.4) is 0 Å². The Morgan fingerprint density at radius 1 is 1.33 bits per heavy atom. The Morgan fingerprint density at radius 3 is 2.78 bits per heavy atom. The predicted octanol–water partition coefficient (Wildman–Crippen LogP) is 1.89. The topological polar surface area (TPSA) is 112 Å². The van der Waals surface area contributed by atoms with Crippen LogP contribution >= 0.6 is 0 Å². The molecule has 0 spiro atoms. The van der Waals surface area contributed by atoms with Crippen molar-refractivity contribution in [1.29, 1.82) is 5.26 Å². The van der Waals surface area contributed by atoms with Crippen molar-refractivity contribution >= 4 is 16.9 Å². The van der Waals surface area contributed by atoms with E-state index in [-0.39, 0.29) is 16.7 Å². The smallest absolute Gasteiger partial charge is 0.270 e. The van der Waals surface area contributed by atoms with E-state index < -0.39 is 35.6 Å². The number of carbonyl (C=O) groups is 1. The van der Waals surface area contributed by atoms with Gasteiger partial charge in [-0.2, -0.15) is 5.26 Å². The van der Waals surface area contributed by atoms with E-state index in [4.69, 9.17) is 5.26 Å². The summed E-state index contributed by atoms with van der Waals surface area (Å²) in [4.78, 5) is 34.5. The maximum atomic E-state index is 13.8. The Labute approximate surface area is 151 Å². The number of carbonyl (C=O) groups excluding carboxylic acids is 1. The largest absolute Gasteiger partial charge is 0.348 e. The Balaban J connectivity index is 1.79. The molecule has 3 aromatic rings. The summed E-state index contributed by atoms with van der Waals surface area (Å²) < 4.78 is 27.2. The van der Waals surface area contributed by atoms with Gasteiger partial charge in [0.25, 0.3) is 5.56 Å². The molecule has 0 aliphatic rings. The summed E-state index contributed by atoms with van der Waals surface area (Å²) in [6.07, 6.45) is 0.965. The first kappa shape index (κ1) is 18.1. The lowest BCUT2D eigenvalue weighted by Crippen LogP contribution is -2.31. The molecule has 0 fully saturated rings. The van der Waals surface area contributed by atoms with E-state index in [1.165, 1.54) is 12.3 Å². The van der Waals surface area contributed by atoms with Crippen LogP contribution in [0.2, 0.25) is 0 Å². The lowest BCUT2D eigenvalue weighted by atomic mass is 10.1. The van der Waals surface area contributed by atoms with Crippen LogP contribution in [0.1, 0.15) is 29.9 Å². The zero-order valence-electron chi connectivity index (χ0n) is 14.1. The summed E-state index contributed by atoms with van der Waals surface area (Å²) in [6, 6.07) is 6.70. The van der Waals surface area contributed by atoms with E-state index in [2.05, 4.69) is 20.3 Å². The molecule has 7 nitrogen and oxygen atoms in total. The number of hydrogen-bond acceptors (Lipinski definition) is 5. The number of rotatable bonds is 4. The van der Waals surface area contributed by atoms with Crippen molar-refractivity contribution in [3.63, 3.8) is 0 Å². The second-order valence-corrected chi connectivity index (χ2v) is 5.82. The van der Waals surface area contributed by atoms with E-state index in [0.717, 1.165) is 6.07 Å². The summed E-state index contributed by atoms with van der Waals surface area (Å²) in [7, 11) is 0. The number of halogens is 2. The molecule has 3 rings (SSSR count). The van der Waals surface area contributed by atoms with Gasteiger partial charge in [0.1, 0.15) is 17.3 Å². The summed E-state index contributed by atoms with van der Waals surface area (Å²) in [6.45, 7) is 1.68. The Hall–Kier alpha value is -3.67. The zero-order valence-corrected chi connectivity index (χ0v) is 14.1. The lowest BCUT2D eigenvalue weighted by Gasteiger charge is -2.13. The summed E-state index contributed by atoms with van der Waals surface area (Å²) >= 11 is 0. The van der Waals surface area contributed by atoms with Crippen LogP contribution in [0.4, 0.5) is 8.78 Å². The van der Waals surface area contributed by atoms with Crippen LogP contribution in [-0.4, -0.2) is 20.9 Å². The minimum absolute atomic E-state index is 0.0400. The third kappa shape index (κ3) is 3.79. The molecule has 0 radical (unpaired) electrons. The maximum absolute atomic E-state index is 13.8. The first-order chi connectivity index (χ1) is 12.9. The monoisotopic (exact) mass is 369 g/mol. The summed E-state index contributed by atoms with van der Waals surface area (Å²) in [5, 5.41) is 11.4. The highest BCUT2D eigenvalue weighted by atomic mass is 19.2. The first-order valence-electron chi connectivity index (χ1n) is 7.91. The fourth-order valence-corrected chi connectivity index (χ4v) is 2.50. The number of amides is 1. The molecule has 0 unspecified atom stereocenters. The molecule has 2 aromatic heterocycles. The first-order valence-corrected chi connectivity index (χ1v) is 7.91. The van der Waals surface area contributed by atoms with Gasteiger partial charge < -0.3 is 10.3 Å². The predicted molar refractivity (Wildman–Crippen MR) is 91.5 cm³/mol. The second kappa shape index (κ2) is 7.29. The number of aromatic nitrogens is 3. The fraction of sp³-hybridized carbons (Fsp3) is 0.167. The highest BCUT2D eigenvalue weighted by molar-refractivity contribution is 5.80. The number of nitriles is 1. The second-order valence-electron chi connectivity index (χ2n) is 5.82. The molecular formula is C18H13F2N5O2. The van der Waals surface area contributed by atoms with Crippen LogP contribution in [0.5, 0.6) is 0 Å². The number of aromatic amines is 1. The van der Waals surface area contributed by atoms with Crippen LogP contribution in [0.25, 0.3) is 11.0 Å². The maximum Gasteiger partial charge on any atom is 0.270 e. The van der Waals surface area contributed by atoms with Crippen LogP contribution in [-0.2, 0) is 11.2 Å². The molecule has 0 bridgehead atoms. The Kier molecular flexibility index (Phi) is 4.90. The third-order valence-electron chi connectivity index (χ3n) is 3.89. The quantitative estimate of drug-likeness (QED) is 0.729. The minimum atomic E-state index is -1.19. The SMILES string of the molecule is C[C@H](NC(=O)Cc1nc2c(F)c(F)ccc2[nH]c1=O)c1ccc(C#N)cn1. The summed E-state index contributed by atoms with van der Waals surface area (Å²) in [5.74, 6) is -2.83. The Morgan fingerprint density at radius 2 is 2.11 bits per heavy atom. The van der Waals surface area contributed by atoms with Gasteiger partial charge in [0.15, 0.2) is 11.6 Å². The van der Waals surface area contributed by atoms with Crippen molar-refractivity contribution in [1.82, 2.24) is 20.3 Å². The number of nitrogens with one attached hydrogen (secondary N) is 2. The van der Waals surface area contributed by atoms with Crippen LogP contribution in [0, 0.1) is 23.0 Å². The molecule has 136 valence electrons. The van der Waals surface area contributed by atoms with Crippen molar-refractivity contribution < 1.29 is 13.6 Å². The normalized spacial score (nSPS) is 11.8. The molecule has 1 amide bonds. The van der Waals surface area contributed by atoms with Gasteiger partial charge >= 0.3 is 0 Å². The van der Waals surface area contributed by atoms with Gasteiger partial charge in [-0.25, -0.2) is 13.8 Å². The van der Waals surface area contributed by atoms with Gasteiger partial charge in [-0.05, 0) is 31.2 Å². The highest BCUT2D eigenvalue weighted by Gasteiger charge is 2.16. The van der Waals surface area contributed by atoms with Gasteiger partial charge in [0, 0.05) is 6.20 Å². The molecule has 0 aliphatic carbocycles. The molecule has 1 aromatic carbocycles.